The zero-order chi connectivity index (χ0) is 18.6. The minimum absolute atomic E-state index is 0.159. The van der Waals surface area contributed by atoms with Gasteiger partial charge in [-0.25, -0.2) is 0 Å². The first-order valence-corrected chi connectivity index (χ1v) is 7.70. The highest BCUT2D eigenvalue weighted by Crippen LogP contribution is 2.25. The smallest absolute Gasteiger partial charge is 0.271 e. The molecule has 6 nitrogen and oxygen atoms in total. The molecule has 1 N–H and O–H groups in total. The van der Waals surface area contributed by atoms with Crippen LogP contribution in [0.3, 0.4) is 0 Å². The average Bonchev–Trinajstić information content (AvgIpc) is 2.57. The largest absolute Gasteiger partial charge is 0.321 e. The summed E-state index contributed by atoms with van der Waals surface area (Å²) >= 11 is 11.7. The molecule has 0 unspecified atom stereocenters. The molecule has 2 aromatic carbocycles. The van der Waals surface area contributed by atoms with Crippen molar-refractivity contribution in [3.63, 3.8) is 0 Å². The third-order valence-electron chi connectivity index (χ3n) is 3.30. The normalized spacial score (nSPS) is 10.9. The van der Waals surface area contributed by atoms with E-state index in [4.69, 9.17) is 23.2 Å². The van der Waals surface area contributed by atoms with E-state index in [1.807, 2.05) is 0 Å². The van der Waals surface area contributed by atoms with Crippen LogP contribution < -0.4 is 5.32 Å². The Labute approximate surface area is 153 Å². The van der Waals surface area contributed by atoms with Crippen LogP contribution in [0.15, 0.2) is 42.0 Å². The Bertz CT molecular complexity index is 933. The SMILES string of the molecule is Cc1ccc([N+](=O)[O-])cc1NC(=O)/C(C#N)=C/c1ccc(Cl)c(Cl)c1. The molecule has 8 heteroatoms. The second kappa shape index (κ2) is 7.79. The molecule has 0 aliphatic heterocycles. The molecule has 0 saturated carbocycles. The number of aryl methyl sites for hydroxylation is 1. The van der Waals surface area contributed by atoms with Crippen molar-refractivity contribution < 1.29 is 9.72 Å². The summed E-state index contributed by atoms with van der Waals surface area (Å²) in [7, 11) is 0. The molecule has 1 amide bonds. The number of nitriles is 1. The van der Waals surface area contributed by atoms with E-state index in [-0.39, 0.29) is 16.9 Å². The van der Waals surface area contributed by atoms with Crippen molar-refractivity contribution in [1.82, 2.24) is 0 Å². The summed E-state index contributed by atoms with van der Waals surface area (Å²) < 4.78 is 0. The lowest BCUT2D eigenvalue weighted by atomic mass is 10.1. The molecule has 126 valence electrons. The van der Waals surface area contributed by atoms with Crippen LogP contribution in [0.4, 0.5) is 11.4 Å². The first-order valence-electron chi connectivity index (χ1n) is 6.95. The predicted octanol–water partition coefficient (Wildman–Crippen LogP) is 4.76. The molecular weight excluding hydrogens is 365 g/mol. The van der Waals surface area contributed by atoms with Crippen molar-refractivity contribution in [2.45, 2.75) is 6.92 Å². The Morgan fingerprint density at radius 2 is 1.96 bits per heavy atom. The van der Waals surface area contributed by atoms with Gasteiger partial charge in [-0.15, -0.1) is 0 Å². The minimum atomic E-state index is -0.683. The molecule has 25 heavy (non-hydrogen) atoms. The zero-order valence-electron chi connectivity index (χ0n) is 12.9. The van der Waals surface area contributed by atoms with Gasteiger partial charge in [-0.1, -0.05) is 35.3 Å². The van der Waals surface area contributed by atoms with Gasteiger partial charge in [0.25, 0.3) is 11.6 Å². The summed E-state index contributed by atoms with van der Waals surface area (Å²) in [4.78, 5) is 22.6. The van der Waals surface area contributed by atoms with Crippen molar-refractivity contribution in [2.24, 2.45) is 0 Å². The Morgan fingerprint density at radius 1 is 1.24 bits per heavy atom. The maximum absolute atomic E-state index is 12.3. The lowest BCUT2D eigenvalue weighted by molar-refractivity contribution is -0.384. The quantitative estimate of drug-likeness (QED) is 0.360. The standard InChI is InChI=1S/C17H11Cl2N3O3/c1-10-2-4-13(22(24)25)8-16(10)21-17(23)12(9-20)6-11-3-5-14(18)15(19)7-11/h2-8H,1H3,(H,21,23)/b12-6+. The van der Waals surface area contributed by atoms with Crippen molar-refractivity contribution >= 4 is 46.6 Å². The fourth-order valence-corrected chi connectivity index (χ4v) is 2.27. The molecule has 0 spiro atoms. The number of nitro benzene ring substituents is 1. The van der Waals surface area contributed by atoms with Gasteiger partial charge in [-0.2, -0.15) is 5.26 Å². The number of anilines is 1. The van der Waals surface area contributed by atoms with E-state index in [1.54, 1.807) is 25.1 Å². The van der Waals surface area contributed by atoms with E-state index in [0.717, 1.165) is 0 Å². The summed E-state index contributed by atoms with van der Waals surface area (Å²) in [6.07, 6.45) is 1.35. The molecule has 0 saturated heterocycles. The number of nitrogens with one attached hydrogen (secondary N) is 1. The summed E-state index contributed by atoms with van der Waals surface area (Å²) in [6.45, 7) is 1.69. The number of nitro groups is 1. The third kappa shape index (κ3) is 4.57. The van der Waals surface area contributed by atoms with Gasteiger partial charge in [0.1, 0.15) is 11.6 Å². The highest BCUT2D eigenvalue weighted by molar-refractivity contribution is 6.42. The molecular formula is C17H11Cl2N3O3. The number of non-ortho nitro benzene ring substituents is 1. The number of rotatable bonds is 4. The lowest BCUT2D eigenvalue weighted by Gasteiger charge is -2.07. The van der Waals surface area contributed by atoms with Crippen LogP contribution in [-0.2, 0) is 4.79 Å². The van der Waals surface area contributed by atoms with E-state index in [2.05, 4.69) is 5.32 Å². The third-order valence-corrected chi connectivity index (χ3v) is 4.04. The summed E-state index contributed by atoms with van der Waals surface area (Å²) in [5.74, 6) is -0.683. The molecule has 0 aromatic heterocycles. The van der Waals surface area contributed by atoms with E-state index in [9.17, 15) is 20.2 Å². The fourth-order valence-electron chi connectivity index (χ4n) is 1.97. The van der Waals surface area contributed by atoms with Gasteiger partial charge in [0.2, 0.25) is 0 Å². The summed E-state index contributed by atoms with van der Waals surface area (Å²) in [6, 6.07) is 10.6. The first kappa shape index (κ1) is 18.5. The number of amides is 1. The van der Waals surface area contributed by atoms with Crippen molar-refractivity contribution in [2.75, 3.05) is 5.32 Å². The van der Waals surface area contributed by atoms with Gasteiger partial charge >= 0.3 is 0 Å². The topological polar surface area (TPSA) is 96.0 Å². The highest BCUT2D eigenvalue weighted by Gasteiger charge is 2.14. The number of carbonyl (C=O) groups is 1. The minimum Gasteiger partial charge on any atom is -0.321 e. The Hall–Kier alpha value is -2.88. The van der Waals surface area contributed by atoms with Crippen LogP contribution in [0, 0.1) is 28.4 Å². The molecule has 0 atom stereocenters. The summed E-state index contributed by atoms with van der Waals surface area (Å²) in [5.41, 5.74) is 1.08. The van der Waals surface area contributed by atoms with Crippen molar-refractivity contribution in [1.29, 1.82) is 5.26 Å². The maximum atomic E-state index is 12.3. The molecule has 0 fully saturated rings. The highest BCUT2D eigenvalue weighted by atomic mass is 35.5. The monoisotopic (exact) mass is 375 g/mol. The number of carbonyl (C=O) groups excluding carboxylic acids is 1. The van der Waals surface area contributed by atoms with Crippen LogP contribution in [0.25, 0.3) is 6.08 Å². The molecule has 0 heterocycles. The maximum Gasteiger partial charge on any atom is 0.271 e. The van der Waals surface area contributed by atoms with Gasteiger partial charge < -0.3 is 5.32 Å². The van der Waals surface area contributed by atoms with E-state index < -0.39 is 10.8 Å². The van der Waals surface area contributed by atoms with E-state index >= 15 is 0 Å². The van der Waals surface area contributed by atoms with Gasteiger partial charge in [-0.05, 0) is 36.3 Å². The number of hydrogen-bond donors (Lipinski definition) is 1. The molecule has 0 radical (unpaired) electrons. The van der Waals surface area contributed by atoms with Gasteiger partial charge in [0, 0.05) is 12.1 Å². The Morgan fingerprint density at radius 3 is 2.56 bits per heavy atom. The molecule has 0 aliphatic rings. The number of benzene rings is 2. The number of halogens is 2. The van der Waals surface area contributed by atoms with Gasteiger partial charge in [-0.3, -0.25) is 14.9 Å². The molecule has 0 aliphatic carbocycles. The lowest BCUT2D eigenvalue weighted by Crippen LogP contribution is -2.14. The van der Waals surface area contributed by atoms with Crippen LogP contribution in [0.2, 0.25) is 10.0 Å². The van der Waals surface area contributed by atoms with Gasteiger partial charge in [0.05, 0.1) is 20.7 Å². The first-order chi connectivity index (χ1) is 11.8. The summed E-state index contributed by atoms with van der Waals surface area (Å²) in [5, 5.41) is 23.2. The fraction of sp³-hybridized carbons (Fsp3) is 0.0588. The predicted molar refractivity (Wildman–Crippen MR) is 96.5 cm³/mol. The second-order valence-electron chi connectivity index (χ2n) is 5.05. The Kier molecular flexibility index (Phi) is 5.75. The van der Waals surface area contributed by atoms with Gasteiger partial charge in [0.15, 0.2) is 0 Å². The molecule has 0 bridgehead atoms. The van der Waals surface area contributed by atoms with E-state index in [1.165, 1.54) is 30.3 Å². The number of hydrogen-bond acceptors (Lipinski definition) is 4. The van der Waals surface area contributed by atoms with Crippen LogP contribution in [0.1, 0.15) is 11.1 Å². The second-order valence-corrected chi connectivity index (χ2v) is 5.87. The molecule has 2 rings (SSSR count). The average molecular weight is 376 g/mol. The zero-order valence-corrected chi connectivity index (χ0v) is 14.4. The van der Waals surface area contributed by atoms with Crippen LogP contribution in [-0.4, -0.2) is 10.8 Å². The van der Waals surface area contributed by atoms with Crippen molar-refractivity contribution in [3.8, 4) is 6.07 Å². The molecule has 2 aromatic rings. The van der Waals surface area contributed by atoms with Crippen LogP contribution in [0.5, 0.6) is 0 Å². The Balaban J connectivity index is 2.30. The van der Waals surface area contributed by atoms with Crippen LogP contribution >= 0.6 is 23.2 Å². The van der Waals surface area contributed by atoms with E-state index in [0.29, 0.717) is 21.2 Å². The number of nitrogens with zero attached hydrogens (tertiary/aromatic N) is 2. The van der Waals surface area contributed by atoms with Crippen molar-refractivity contribution in [3.05, 3.63) is 73.3 Å².